The number of hydrogen-bond acceptors (Lipinski definition) is 4. The van der Waals surface area contributed by atoms with Gasteiger partial charge in [-0.05, 0) is 6.92 Å². The number of amidine groups is 1. The molecule has 6 heteroatoms. The number of aromatic nitrogens is 2. The fourth-order valence-electron chi connectivity index (χ4n) is 1.24. The summed E-state index contributed by atoms with van der Waals surface area (Å²) in [6, 6.07) is 0. The molecule has 0 saturated heterocycles. The molecule has 0 fully saturated rings. The number of nitrogens with zero attached hydrogens (tertiary/aromatic N) is 3. The Labute approximate surface area is 88.8 Å². The van der Waals surface area contributed by atoms with Crippen LogP contribution in [0.4, 0.5) is 5.69 Å². The van der Waals surface area contributed by atoms with E-state index in [1.807, 2.05) is 27.1 Å². The average molecular weight is 211 g/mol. The minimum atomic E-state index is -0.0189. The van der Waals surface area contributed by atoms with Crippen molar-refractivity contribution in [3.05, 3.63) is 11.9 Å². The minimum absolute atomic E-state index is 0.0189. The summed E-state index contributed by atoms with van der Waals surface area (Å²) in [4.78, 5) is 0. The average Bonchev–Trinajstić information content (AvgIpc) is 2.52. The molecule has 1 unspecified atom stereocenters. The van der Waals surface area contributed by atoms with Crippen molar-refractivity contribution in [2.75, 3.05) is 11.9 Å². The SMILES string of the molecule is Cc1nn(C)cc1NCC(C)C(N)=NO. The minimum Gasteiger partial charge on any atom is -0.409 e. The largest absolute Gasteiger partial charge is 0.409 e. The zero-order chi connectivity index (χ0) is 11.4. The lowest BCUT2D eigenvalue weighted by molar-refractivity contribution is 0.315. The van der Waals surface area contributed by atoms with Crippen molar-refractivity contribution in [2.24, 2.45) is 23.9 Å². The number of oxime groups is 1. The highest BCUT2D eigenvalue weighted by atomic mass is 16.4. The van der Waals surface area contributed by atoms with E-state index in [4.69, 9.17) is 10.9 Å². The first-order valence-corrected chi connectivity index (χ1v) is 4.76. The number of nitrogens with two attached hydrogens (primary N) is 1. The van der Waals surface area contributed by atoms with Gasteiger partial charge >= 0.3 is 0 Å². The maximum atomic E-state index is 8.48. The maximum Gasteiger partial charge on any atom is 0.143 e. The second-order valence-corrected chi connectivity index (χ2v) is 3.61. The molecule has 1 aromatic rings. The molecule has 0 amide bonds. The third kappa shape index (κ3) is 2.87. The molecule has 0 spiro atoms. The molecule has 1 atom stereocenters. The van der Waals surface area contributed by atoms with Gasteiger partial charge in [-0.25, -0.2) is 0 Å². The molecule has 0 aromatic carbocycles. The van der Waals surface area contributed by atoms with E-state index in [2.05, 4.69) is 15.6 Å². The highest BCUT2D eigenvalue weighted by Crippen LogP contribution is 2.11. The molecule has 15 heavy (non-hydrogen) atoms. The van der Waals surface area contributed by atoms with Gasteiger partial charge in [-0.15, -0.1) is 0 Å². The number of nitrogens with one attached hydrogen (secondary N) is 1. The first-order chi connectivity index (χ1) is 7.04. The summed E-state index contributed by atoms with van der Waals surface area (Å²) in [5, 5.41) is 18.8. The molecule has 0 aliphatic rings. The molecule has 6 nitrogen and oxygen atoms in total. The van der Waals surface area contributed by atoms with Gasteiger partial charge in [0.25, 0.3) is 0 Å². The van der Waals surface area contributed by atoms with Crippen molar-refractivity contribution in [1.82, 2.24) is 9.78 Å². The van der Waals surface area contributed by atoms with Gasteiger partial charge in [-0.2, -0.15) is 5.10 Å². The summed E-state index contributed by atoms with van der Waals surface area (Å²) in [6.45, 7) is 4.42. The van der Waals surface area contributed by atoms with Crippen molar-refractivity contribution >= 4 is 11.5 Å². The van der Waals surface area contributed by atoms with Gasteiger partial charge < -0.3 is 16.3 Å². The van der Waals surface area contributed by atoms with Crippen LogP contribution in [0.1, 0.15) is 12.6 Å². The second kappa shape index (κ2) is 4.68. The maximum absolute atomic E-state index is 8.48. The molecule has 0 aliphatic carbocycles. The molecular weight excluding hydrogens is 194 g/mol. The molecule has 0 aliphatic heterocycles. The van der Waals surface area contributed by atoms with Crippen molar-refractivity contribution in [1.29, 1.82) is 0 Å². The van der Waals surface area contributed by atoms with E-state index in [-0.39, 0.29) is 11.8 Å². The smallest absolute Gasteiger partial charge is 0.143 e. The van der Waals surface area contributed by atoms with Crippen LogP contribution in [0.3, 0.4) is 0 Å². The summed E-state index contributed by atoms with van der Waals surface area (Å²) >= 11 is 0. The van der Waals surface area contributed by atoms with Crippen LogP contribution >= 0.6 is 0 Å². The first kappa shape index (κ1) is 11.4. The van der Waals surface area contributed by atoms with Crippen LogP contribution in [0.25, 0.3) is 0 Å². The standard InChI is InChI=1S/C9H17N5O/c1-6(9(10)13-15)4-11-8-5-14(3)12-7(8)2/h5-6,11,15H,4H2,1-3H3,(H2,10,13). The van der Waals surface area contributed by atoms with Crippen LogP contribution in [0.5, 0.6) is 0 Å². The molecular formula is C9H17N5O. The molecule has 1 heterocycles. The molecule has 84 valence electrons. The number of aryl methyl sites for hydroxylation is 2. The van der Waals surface area contributed by atoms with Crippen LogP contribution in [0.15, 0.2) is 11.4 Å². The van der Waals surface area contributed by atoms with Crippen molar-refractivity contribution in [3.63, 3.8) is 0 Å². The summed E-state index contributed by atoms with van der Waals surface area (Å²) in [7, 11) is 1.87. The lowest BCUT2D eigenvalue weighted by Gasteiger charge is -2.10. The van der Waals surface area contributed by atoms with E-state index in [1.54, 1.807) is 4.68 Å². The van der Waals surface area contributed by atoms with Crippen LogP contribution in [0.2, 0.25) is 0 Å². The fraction of sp³-hybridized carbons (Fsp3) is 0.556. The highest BCUT2D eigenvalue weighted by Gasteiger charge is 2.09. The van der Waals surface area contributed by atoms with Gasteiger partial charge in [0.05, 0.1) is 11.4 Å². The Hall–Kier alpha value is -1.72. The van der Waals surface area contributed by atoms with Crippen molar-refractivity contribution < 1.29 is 5.21 Å². The Morgan fingerprint density at radius 1 is 1.80 bits per heavy atom. The predicted octanol–water partition coefficient (Wildman–Crippen LogP) is 0.523. The monoisotopic (exact) mass is 211 g/mol. The third-order valence-electron chi connectivity index (χ3n) is 2.23. The summed E-state index contributed by atoms with van der Waals surface area (Å²) in [5.41, 5.74) is 7.37. The Balaban J connectivity index is 2.54. The molecule has 0 bridgehead atoms. The van der Waals surface area contributed by atoms with E-state index < -0.39 is 0 Å². The second-order valence-electron chi connectivity index (χ2n) is 3.61. The van der Waals surface area contributed by atoms with E-state index in [0.29, 0.717) is 6.54 Å². The predicted molar refractivity (Wildman–Crippen MR) is 59.0 cm³/mol. The highest BCUT2D eigenvalue weighted by molar-refractivity contribution is 5.82. The quantitative estimate of drug-likeness (QED) is 0.293. The Morgan fingerprint density at radius 3 is 2.93 bits per heavy atom. The van der Waals surface area contributed by atoms with E-state index >= 15 is 0 Å². The van der Waals surface area contributed by atoms with Crippen LogP contribution in [0, 0.1) is 12.8 Å². The number of hydrogen-bond donors (Lipinski definition) is 3. The summed E-state index contributed by atoms with van der Waals surface area (Å²) in [6.07, 6.45) is 1.90. The Bertz CT molecular complexity index is 357. The normalized spacial score (nSPS) is 13.9. The fourth-order valence-corrected chi connectivity index (χ4v) is 1.24. The van der Waals surface area contributed by atoms with Crippen LogP contribution in [-0.2, 0) is 7.05 Å². The van der Waals surface area contributed by atoms with Gasteiger partial charge in [-0.1, -0.05) is 12.1 Å². The Morgan fingerprint density at radius 2 is 2.47 bits per heavy atom. The molecule has 4 N–H and O–H groups in total. The van der Waals surface area contributed by atoms with Gasteiger partial charge in [0.2, 0.25) is 0 Å². The van der Waals surface area contributed by atoms with Crippen LogP contribution in [-0.4, -0.2) is 27.4 Å². The number of anilines is 1. The summed E-state index contributed by atoms with van der Waals surface area (Å²) in [5.74, 6) is 0.207. The van der Waals surface area contributed by atoms with Gasteiger partial charge in [-0.3, -0.25) is 4.68 Å². The molecule has 1 aromatic heterocycles. The van der Waals surface area contributed by atoms with Crippen molar-refractivity contribution in [3.8, 4) is 0 Å². The summed E-state index contributed by atoms with van der Waals surface area (Å²) < 4.78 is 1.74. The zero-order valence-corrected chi connectivity index (χ0v) is 9.23. The van der Waals surface area contributed by atoms with E-state index in [9.17, 15) is 0 Å². The van der Waals surface area contributed by atoms with Gasteiger partial charge in [0.15, 0.2) is 0 Å². The van der Waals surface area contributed by atoms with E-state index in [1.165, 1.54) is 0 Å². The lowest BCUT2D eigenvalue weighted by atomic mass is 10.1. The first-order valence-electron chi connectivity index (χ1n) is 4.76. The third-order valence-corrected chi connectivity index (χ3v) is 2.23. The van der Waals surface area contributed by atoms with Crippen LogP contribution < -0.4 is 11.1 Å². The Kier molecular flexibility index (Phi) is 3.54. The van der Waals surface area contributed by atoms with Crippen molar-refractivity contribution in [2.45, 2.75) is 13.8 Å². The van der Waals surface area contributed by atoms with E-state index in [0.717, 1.165) is 11.4 Å². The topological polar surface area (TPSA) is 88.5 Å². The zero-order valence-electron chi connectivity index (χ0n) is 9.23. The lowest BCUT2D eigenvalue weighted by Crippen LogP contribution is -2.27. The molecule has 0 saturated carbocycles. The van der Waals surface area contributed by atoms with Gasteiger partial charge in [0.1, 0.15) is 5.84 Å². The molecule has 0 radical (unpaired) electrons. The molecule has 1 rings (SSSR count). The number of rotatable bonds is 4. The van der Waals surface area contributed by atoms with Gasteiger partial charge in [0, 0.05) is 25.7 Å².